The molecule has 0 fully saturated rings. The Bertz CT molecular complexity index is 478. The zero-order chi connectivity index (χ0) is 15.4. The Labute approximate surface area is 119 Å². The fraction of sp³-hybridized carbons (Fsp3) is 0.438. The van der Waals surface area contributed by atoms with Crippen LogP contribution in [0, 0.1) is 5.82 Å². The average Bonchev–Trinajstić information content (AvgIpc) is 2.37. The molecule has 1 atom stereocenters. The predicted octanol–water partition coefficient (Wildman–Crippen LogP) is 2.55. The highest BCUT2D eigenvalue weighted by Crippen LogP contribution is 2.22. The summed E-state index contributed by atoms with van der Waals surface area (Å²) in [5, 5.41) is 12.5. The van der Waals surface area contributed by atoms with Gasteiger partial charge in [-0.2, -0.15) is 0 Å². The first-order valence-electron chi connectivity index (χ1n) is 6.55. The first kappa shape index (κ1) is 16.4. The number of rotatable bonds is 6. The lowest BCUT2D eigenvalue weighted by molar-refractivity contribution is -0.124. The molecule has 0 aromatic heterocycles. The van der Waals surface area contributed by atoms with E-state index in [9.17, 15) is 14.3 Å². The number of carbonyl (C=O) groups excluding carboxylic acids is 1. The first-order chi connectivity index (χ1) is 9.16. The van der Waals surface area contributed by atoms with E-state index in [4.69, 9.17) is 0 Å². The lowest BCUT2D eigenvalue weighted by Crippen LogP contribution is -2.39. The molecule has 0 saturated heterocycles. The number of hydrogen-bond donors (Lipinski definition) is 2. The molecule has 1 aromatic rings. The van der Waals surface area contributed by atoms with Gasteiger partial charge in [0.15, 0.2) is 0 Å². The van der Waals surface area contributed by atoms with Crippen molar-refractivity contribution < 1.29 is 14.3 Å². The van der Waals surface area contributed by atoms with Crippen LogP contribution < -0.4 is 5.32 Å². The number of nitrogens with one attached hydrogen (secondary N) is 1. The van der Waals surface area contributed by atoms with Gasteiger partial charge in [0.25, 0.3) is 0 Å². The molecule has 1 amide bonds. The van der Waals surface area contributed by atoms with Crippen molar-refractivity contribution in [2.24, 2.45) is 0 Å². The summed E-state index contributed by atoms with van der Waals surface area (Å²) in [6.07, 6.45) is 1.31. The molecular formula is C16H22FNO2. The molecule has 0 aliphatic carbocycles. The Morgan fingerprint density at radius 3 is 2.40 bits per heavy atom. The van der Waals surface area contributed by atoms with Crippen molar-refractivity contribution in [2.75, 3.05) is 6.54 Å². The summed E-state index contributed by atoms with van der Waals surface area (Å²) in [5.41, 5.74) is -0.581. The second kappa shape index (κ2) is 6.18. The molecule has 1 aromatic carbocycles. The van der Waals surface area contributed by atoms with Crippen LogP contribution in [0.4, 0.5) is 4.39 Å². The average molecular weight is 279 g/mol. The Morgan fingerprint density at radius 1 is 1.35 bits per heavy atom. The van der Waals surface area contributed by atoms with Gasteiger partial charge in [0.2, 0.25) is 5.91 Å². The van der Waals surface area contributed by atoms with E-state index >= 15 is 0 Å². The van der Waals surface area contributed by atoms with Crippen molar-refractivity contribution in [1.29, 1.82) is 0 Å². The van der Waals surface area contributed by atoms with Gasteiger partial charge in [-0.3, -0.25) is 4.79 Å². The maximum Gasteiger partial charge on any atom is 0.223 e. The molecule has 0 aliphatic heterocycles. The van der Waals surface area contributed by atoms with Crippen molar-refractivity contribution in [3.63, 3.8) is 0 Å². The molecule has 0 unspecified atom stereocenters. The van der Waals surface area contributed by atoms with Gasteiger partial charge in [-0.1, -0.05) is 32.1 Å². The number of benzene rings is 1. The fourth-order valence-electron chi connectivity index (χ4n) is 1.78. The number of hydrogen-bond acceptors (Lipinski definition) is 2. The summed E-state index contributed by atoms with van der Waals surface area (Å²) in [5.74, 6) is -0.527. The summed E-state index contributed by atoms with van der Waals surface area (Å²) < 4.78 is 12.9. The van der Waals surface area contributed by atoms with Gasteiger partial charge < -0.3 is 10.4 Å². The van der Waals surface area contributed by atoms with Gasteiger partial charge in [-0.05, 0) is 24.6 Å². The lowest BCUT2D eigenvalue weighted by atomic mass is 9.84. The van der Waals surface area contributed by atoms with Crippen LogP contribution in [0.15, 0.2) is 36.9 Å². The summed E-state index contributed by atoms with van der Waals surface area (Å²) >= 11 is 0. The molecule has 0 saturated carbocycles. The second-order valence-electron chi connectivity index (χ2n) is 5.91. The molecule has 2 N–H and O–H groups in total. The third-order valence-corrected chi connectivity index (χ3v) is 3.31. The molecule has 110 valence electrons. The Hall–Kier alpha value is -1.68. The van der Waals surface area contributed by atoms with Gasteiger partial charge in [0.05, 0.1) is 12.0 Å². The van der Waals surface area contributed by atoms with Crippen LogP contribution in [0.3, 0.4) is 0 Å². The van der Waals surface area contributed by atoms with E-state index < -0.39 is 5.60 Å². The van der Waals surface area contributed by atoms with E-state index in [0.717, 1.165) is 5.56 Å². The quantitative estimate of drug-likeness (QED) is 0.786. The van der Waals surface area contributed by atoms with E-state index in [1.807, 2.05) is 13.8 Å². The first-order valence-corrected chi connectivity index (χ1v) is 6.55. The molecule has 0 heterocycles. The van der Waals surface area contributed by atoms with Crippen molar-refractivity contribution in [1.82, 2.24) is 5.32 Å². The van der Waals surface area contributed by atoms with Crippen molar-refractivity contribution in [3.05, 3.63) is 48.3 Å². The molecular weight excluding hydrogens is 257 g/mol. The maximum atomic E-state index is 12.9. The SMILES string of the molecule is C=C[C@@](C)(O)CC(=O)NCC(C)(C)c1ccc(F)cc1. The summed E-state index contributed by atoms with van der Waals surface area (Å²) in [4.78, 5) is 11.8. The normalized spacial score (nSPS) is 14.4. The zero-order valence-corrected chi connectivity index (χ0v) is 12.2. The van der Waals surface area contributed by atoms with Crippen molar-refractivity contribution in [3.8, 4) is 0 Å². The summed E-state index contributed by atoms with van der Waals surface area (Å²) in [6, 6.07) is 6.23. The van der Waals surface area contributed by atoms with E-state index in [1.54, 1.807) is 12.1 Å². The number of halogens is 1. The lowest BCUT2D eigenvalue weighted by Gasteiger charge is -2.26. The fourth-order valence-corrected chi connectivity index (χ4v) is 1.78. The topological polar surface area (TPSA) is 49.3 Å². The highest BCUT2D eigenvalue weighted by Gasteiger charge is 2.24. The van der Waals surface area contributed by atoms with E-state index in [1.165, 1.54) is 25.1 Å². The van der Waals surface area contributed by atoms with E-state index in [-0.39, 0.29) is 23.6 Å². The van der Waals surface area contributed by atoms with Crippen LogP contribution in [0.5, 0.6) is 0 Å². The third kappa shape index (κ3) is 4.78. The summed E-state index contributed by atoms with van der Waals surface area (Å²) in [6.45, 7) is 9.35. The molecule has 0 radical (unpaired) electrons. The smallest absolute Gasteiger partial charge is 0.223 e. The number of amides is 1. The van der Waals surface area contributed by atoms with Crippen LogP contribution in [-0.2, 0) is 10.2 Å². The van der Waals surface area contributed by atoms with E-state index in [0.29, 0.717) is 6.54 Å². The minimum Gasteiger partial charge on any atom is -0.386 e. The largest absolute Gasteiger partial charge is 0.386 e. The predicted molar refractivity (Wildman–Crippen MR) is 77.9 cm³/mol. The third-order valence-electron chi connectivity index (χ3n) is 3.31. The maximum absolute atomic E-state index is 12.9. The Kier molecular flexibility index (Phi) is 5.06. The summed E-state index contributed by atoms with van der Waals surface area (Å²) in [7, 11) is 0. The Morgan fingerprint density at radius 2 is 1.90 bits per heavy atom. The molecule has 0 aliphatic rings. The van der Waals surface area contributed by atoms with Gasteiger partial charge in [-0.15, -0.1) is 6.58 Å². The zero-order valence-electron chi connectivity index (χ0n) is 12.2. The molecule has 3 nitrogen and oxygen atoms in total. The van der Waals surface area contributed by atoms with Crippen LogP contribution >= 0.6 is 0 Å². The molecule has 20 heavy (non-hydrogen) atoms. The highest BCUT2D eigenvalue weighted by atomic mass is 19.1. The molecule has 1 rings (SSSR count). The van der Waals surface area contributed by atoms with Gasteiger partial charge >= 0.3 is 0 Å². The van der Waals surface area contributed by atoms with Crippen LogP contribution in [0.25, 0.3) is 0 Å². The minimum atomic E-state index is -1.20. The van der Waals surface area contributed by atoms with Crippen LogP contribution in [0.1, 0.15) is 32.8 Å². The molecule has 0 spiro atoms. The van der Waals surface area contributed by atoms with Crippen molar-refractivity contribution in [2.45, 2.75) is 38.2 Å². The van der Waals surface area contributed by atoms with Crippen molar-refractivity contribution >= 4 is 5.91 Å². The Balaban J connectivity index is 2.61. The highest BCUT2D eigenvalue weighted by molar-refractivity contribution is 5.77. The van der Waals surface area contributed by atoms with Gasteiger partial charge in [-0.25, -0.2) is 4.39 Å². The molecule has 0 bridgehead atoms. The minimum absolute atomic E-state index is 0.0317. The van der Waals surface area contributed by atoms with Gasteiger partial charge in [0.1, 0.15) is 5.82 Å². The van der Waals surface area contributed by atoms with Crippen LogP contribution in [-0.4, -0.2) is 23.2 Å². The standard InChI is InChI=1S/C16H22FNO2/c1-5-16(4,20)10-14(19)18-11-15(2,3)12-6-8-13(17)9-7-12/h5-9,20H,1,10-11H2,2-4H3,(H,18,19)/t16-/m1/s1. The van der Waals surface area contributed by atoms with E-state index in [2.05, 4.69) is 11.9 Å². The number of carbonyl (C=O) groups is 1. The van der Waals surface area contributed by atoms with Gasteiger partial charge in [0, 0.05) is 12.0 Å². The monoisotopic (exact) mass is 279 g/mol. The second-order valence-corrected chi connectivity index (χ2v) is 5.91. The number of aliphatic hydroxyl groups is 1. The van der Waals surface area contributed by atoms with Crippen LogP contribution in [0.2, 0.25) is 0 Å². The molecule has 4 heteroatoms.